The first-order chi connectivity index (χ1) is 17.6. The van der Waals surface area contributed by atoms with Crippen molar-refractivity contribution in [2.24, 2.45) is 0 Å². The minimum Gasteiger partial charge on any atom is -0.463 e. The van der Waals surface area contributed by atoms with Gasteiger partial charge in [-0.05, 0) is 37.6 Å². The number of urea groups is 1. The Balaban J connectivity index is 1.64. The lowest BCUT2D eigenvalue weighted by Crippen LogP contribution is -2.56. The first kappa shape index (κ1) is 27.1. The van der Waals surface area contributed by atoms with Gasteiger partial charge in [0.1, 0.15) is 0 Å². The molecule has 0 aliphatic carbocycles. The number of ether oxygens (including phenoxy) is 1. The van der Waals surface area contributed by atoms with Crippen molar-refractivity contribution in [3.05, 3.63) is 76.5 Å². The molecule has 9 nitrogen and oxygen atoms in total. The van der Waals surface area contributed by atoms with Crippen molar-refractivity contribution in [3.63, 3.8) is 0 Å². The van der Waals surface area contributed by atoms with E-state index in [0.717, 1.165) is 0 Å². The molecule has 2 amide bonds. The van der Waals surface area contributed by atoms with Gasteiger partial charge in [-0.3, -0.25) is 9.80 Å². The zero-order chi connectivity index (χ0) is 26.7. The number of halogens is 1. The monoisotopic (exact) mass is 546 g/mol. The minimum atomic E-state index is -3.64. The number of esters is 1. The number of carbonyl (C=O) groups excluding carboxylic acids is 2. The molecule has 0 saturated carbocycles. The topological polar surface area (TPSA) is 99.3 Å². The third kappa shape index (κ3) is 5.52. The lowest BCUT2D eigenvalue weighted by molar-refractivity contribution is -0.139. The molecule has 0 aromatic heterocycles. The normalized spacial score (nSPS) is 21.6. The fourth-order valence-electron chi connectivity index (χ4n) is 4.80. The van der Waals surface area contributed by atoms with E-state index in [0.29, 0.717) is 34.9 Å². The highest BCUT2D eigenvalue weighted by atomic mass is 35.5. The predicted molar refractivity (Wildman–Crippen MR) is 140 cm³/mol. The quantitative estimate of drug-likeness (QED) is 0.535. The van der Waals surface area contributed by atoms with Gasteiger partial charge in [0, 0.05) is 50.0 Å². The molecule has 1 N–H and O–H groups in total. The standard InChI is InChI=1S/C26H31ClN4O5S/c1-4-36-25(32)23-22(29(3)26(33)28-24(23)20-12-8-9-13-21(20)27)17-30-14-15-31(18(2)16-30)37(34,35)19-10-6-5-7-11-19/h5-13,18,24H,4,14-17H2,1-3H3,(H,28,33)/t18-,24+/m1/s1. The molecule has 2 aliphatic rings. The molecule has 2 heterocycles. The van der Waals surface area contributed by atoms with Gasteiger partial charge in [-0.1, -0.05) is 48.0 Å². The van der Waals surface area contributed by atoms with Gasteiger partial charge in [0.25, 0.3) is 0 Å². The summed E-state index contributed by atoms with van der Waals surface area (Å²) in [5.74, 6) is -0.535. The van der Waals surface area contributed by atoms with Crippen LogP contribution in [-0.4, -0.2) is 80.4 Å². The minimum absolute atomic E-state index is 0.176. The molecule has 2 aromatic rings. The number of hydrogen-bond donors (Lipinski definition) is 1. The molecule has 0 bridgehead atoms. The molecular formula is C26H31ClN4O5S. The summed E-state index contributed by atoms with van der Waals surface area (Å²) in [4.78, 5) is 29.9. The van der Waals surface area contributed by atoms with Crippen LogP contribution in [0, 0.1) is 0 Å². The van der Waals surface area contributed by atoms with E-state index in [2.05, 4.69) is 10.2 Å². The van der Waals surface area contributed by atoms with Crippen molar-refractivity contribution >= 4 is 33.6 Å². The van der Waals surface area contributed by atoms with Gasteiger partial charge in [-0.25, -0.2) is 18.0 Å². The Kier molecular flexibility index (Phi) is 8.23. The average Bonchev–Trinajstić information content (AvgIpc) is 2.87. The van der Waals surface area contributed by atoms with E-state index in [1.165, 1.54) is 9.21 Å². The number of sulfonamides is 1. The molecule has 1 fully saturated rings. The maximum atomic E-state index is 13.2. The van der Waals surface area contributed by atoms with Gasteiger partial charge in [0.15, 0.2) is 0 Å². The Morgan fingerprint density at radius 1 is 1.11 bits per heavy atom. The molecule has 37 heavy (non-hydrogen) atoms. The fourth-order valence-corrected chi connectivity index (χ4v) is 6.68. The Morgan fingerprint density at radius 2 is 1.78 bits per heavy atom. The maximum absolute atomic E-state index is 13.2. The third-order valence-corrected chi connectivity index (χ3v) is 9.03. The predicted octanol–water partition coefficient (Wildman–Crippen LogP) is 3.25. The van der Waals surface area contributed by atoms with Crippen molar-refractivity contribution in [2.45, 2.75) is 30.8 Å². The van der Waals surface area contributed by atoms with Crippen LogP contribution in [0.1, 0.15) is 25.5 Å². The summed E-state index contributed by atoms with van der Waals surface area (Å²) in [6.45, 7) is 5.17. The first-order valence-corrected chi connectivity index (χ1v) is 13.9. The van der Waals surface area contributed by atoms with Crippen molar-refractivity contribution in [1.82, 2.24) is 19.4 Å². The molecule has 2 atom stereocenters. The summed E-state index contributed by atoms with van der Waals surface area (Å²) < 4.78 is 33.3. The number of hydrogen-bond acceptors (Lipinski definition) is 6. The second-order valence-corrected chi connectivity index (χ2v) is 11.4. The van der Waals surface area contributed by atoms with Crippen LogP contribution in [0.4, 0.5) is 4.79 Å². The van der Waals surface area contributed by atoms with Crippen LogP contribution >= 0.6 is 11.6 Å². The number of piperazine rings is 1. The number of amides is 2. The molecule has 2 aliphatic heterocycles. The van der Waals surface area contributed by atoms with E-state index < -0.39 is 22.0 Å². The number of nitrogens with zero attached hydrogens (tertiary/aromatic N) is 3. The Bertz CT molecular complexity index is 1300. The maximum Gasteiger partial charge on any atom is 0.338 e. The van der Waals surface area contributed by atoms with Crippen LogP contribution in [0.25, 0.3) is 0 Å². The van der Waals surface area contributed by atoms with E-state index in [-0.39, 0.29) is 36.7 Å². The van der Waals surface area contributed by atoms with Gasteiger partial charge in [-0.15, -0.1) is 0 Å². The van der Waals surface area contributed by atoms with Crippen molar-refractivity contribution < 1.29 is 22.7 Å². The van der Waals surface area contributed by atoms with Gasteiger partial charge in [0.05, 0.1) is 23.1 Å². The number of carbonyl (C=O) groups is 2. The largest absolute Gasteiger partial charge is 0.463 e. The summed E-state index contributed by atoms with van der Waals surface area (Å²) in [7, 11) is -2.03. The summed E-state index contributed by atoms with van der Waals surface area (Å²) >= 11 is 6.44. The van der Waals surface area contributed by atoms with Crippen LogP contribution in [0.5, 0.6) is 0 Å². The molecule has 0 spiro atoms. The second-order valence-electron chi connectivity index (χ2n) is 9.06. The molecule has 4 rings (SSSR count). The first-order valence-electron chi connectivity index (χ1n) is 12.1. The number of likely N-dealkylation sites (N-methyl/N-ethyl adjacent to an activating group) is 1. The zero-order valence-corrected chi connectivity index (χ0v) is 22.6. The molecular weight excluding hydrogens is 516 g/mol. The molecule has 198 valence electrons. The smallest absolute Gasteiger partial charge is 0.338 e. The van der Waals surface area contributed by atoms with Crippen molar-refractivity contribution in [3.8, 4) is 0 Å². The Morgan fingerprint density at radius 3 is 2.43 bits per heavy atom. The summed E-state index contributed by atoms with van der Waals surface area (Å²) in [5.41, 5.74) is 1.40. The summed E-state index contributed by atoms with van der Waals surface area (Å²) in [6, 6.07) is 14.0. The van der Waals surface area contributed by atoms with Crippen LogP contribution < -0.4 is 5.32 Å². The summed E-state index contributed by atoms with van der Waals surface area (Å²) in [5, 5.41) is 3.29. The van der Waals surface area contributed by atoms with Crippen LogP contribution in [-0.2, 0) is 19.6 Å². The van der Waals surface area contributed by atoms with E-state index in [1.54, 1.807) is 68.6 Å². The molecule has 1 saturated heterocycles. The second kappa shape index (κ2) is 11.2. The van der Waals surface area contributed by atoms with Gasteiger partial charge in [0.2, 0.25) is 10.0 Å². The van der Waals surface area contributed by atoms with Crippen LogP contribution in [0.3, 0.4) is 0 Å². The van der Waals surface area contributed by atoms with Gasteiger partial charge in [-0.2, -0.15) is 4.31 Å². The van der Waals surface area contributed by atoms with Crippen molar-refractivity contribution in [2.75, 3.05) is 39.8 Å². The highest BCUT2D eigenvalue weighted by Crippen LogP contribution is 2.35. The fraction of sp³-hybridized carbons (Fsp3) is 0.385. The molecule has 11 heteroatoms. The number of benzene rings is 2. The Labute approximate surface area is 222 Å². The molecule has 0 unspecified atom stereocenters. The molecule has 2 aromatic carbocycles. The van der Waals surface area contributed by atoms with E-state index in [1.807, 2.05) is 6.92 Å². The number of nitrogens with one attached hydrogen (secondary N) is 1. The third-order valence-electron chi connectivity index (χ3n) is 6.66. The Hall–Kier alpha value is -2.92. The average molecular weight is 547 g/mol. The SMILES string of the molecule is CCOC(=O)C1=C(CN2CCN(S(=O)(=O)c3ccccc3)[C@H](C)C2)N(C)C(=O)N[C@H]1c1ccccc1Cl. The van der Waals surface area contributed by atoms with Crippen LogP contribution in [0.2, 0.25) is 5.02 Å². The van der Waals surface area contributed by atoms with Crippen LogP contribution in [0.15, 0.2) is 70.8 Å². The molecule has 0 radical (unpaired) electrons. The number of rotatable bonds is 7. The summed E-state index contributed by atoms with van der Waals surface area (Å²) in [6.07, 6.45) is 0. The van der Waals surface area contributed by atoms with Crippen molar-refractivity contribution in [1.29, 1.82) is 0 Å². The van der Waals surface area contributed by atoms with Gasteiger partial charge >= 0.3 is 12.0 Å². The van der Waals surface area contributed by atoms with E-state index in [9.17, 15) is 18.0 Å². The lowest BCUT2D eigenvalue weighted by Gasteiger charge is -2.41. The van der Waals surface area contributed by atoms with E-state index in [4.69, 9.17) is 16.3 Å². The zero-order valence-electron chi connectivity index (χ0n) is 21.1. The highest BCUT2D eigenvalue weighted by molar-refractivity contribution is 7.89. The van der Waals surface area contributed by atoms with E-state index >= 15 is 0 Å². The lowest BCUT2D eigenvalue weighted by atomic mass is 9.94. The van der Waals surface area contributed by atoms with Gasteiger partial charge < -0.3 is 10.1 Å². The highest BCUT2D eigenvalue weighted by Gasteiger charge is 2.40.